The summed E-state index contributed by atoms with van der Waals surface area (Å²) >= 11 is 0. The number of carbonyl (C=O) groups is 2. The van der Waals surface area contributed by atoms with E-state index in [1.54, 1.807) is 18.2 Å². The Morgan fingerprint density at radius 2 is 1.75 bits per heavy atom. The number of nitrogens with zero attached hydrogens (tertiary/aromatic N) is 1. The van der Waals surface area contributed by atoms with Crippen molar-refractivity contribution in [3.8, 4) is 0 Å². The van der Waals surface area contributed by atoms with Gasteiger partial charge in [-0.3, -0.25) is 14.2 Å². The maximum atomic E-state index is 12.4. The molecule has 0 amide bonds. The second-order valence-electron chi connectivity index (χ2n) is 6.93. The number of fused-ring (bicyclic) bond motifs is 1. The van der Waals surface area contributed by atoms with Crippen LogP contribution in [0.3, 0.4) is 0 Å². The fraction of sp³-hybridized carbons (Fsp3) is 0.318. The van der Waals surface area contributed by atoms with Gasteiger partial charge in [0.25, 0.3) is 0 Å². The van der Waals surface area contributed by atoms with Crippen molar-refractivity contribution in [3.63, 3.8) is 0 Å². The average molecular weight is 381 g/mol. The fourth-order valence-electron chi connectivity index (χ4n) is 3.16. The number of ether oxygens (including phenoxy) is 1. The largest absolute Gasteiger partial charge is 0.457 e. The Hall–Kier alpha value is -3.15. The van der Waals surface area contributed by atoms with Gasteiger partial charge in [-0.25, -0.2) is 4.79 Å². The predicted molar refractivity (Wildman–Crippen MR) is 106 cm³/mol. The van der Waals surface area contributed by atoms with Gasteiger partial charge in [0.2, 0.25) is 5.78 Å². The second-order valence-corrected chi connectivity index (χ2v) is 6.93. The molecule has 1 heterocycles. The minimum absolute atomic E-state index is 0.116. The normalized spacial score (nSPS) is 11.0. The number of aromatic nitrogens is 1. The van der Waals surface area contributed by atoms with Gasteiger partial charge in [-0.05, 0) is 62.1 Å². The zero-order chi connectivity index (χ0) is 20.3. The molecule has 2 aromatic carbocycles. The van der Waals surface area contributed by atoms with Crippen LogP contribution in [-0.2, 0) is 16.1 Å². The highest BCUT2D eigenvalue weighted by Crippen LogP contribution is 2.16. The number of hydrogen-bond acceptors (Lipinski definition) is 5. The van der Waals surface area contributed by atoms with Crippen LogP contribution < -0.4 is 5.76 Å². The van der Waals surface area contributed by atoms with Crippen molar-refractivity contribution in [2.45, 2.75) is 40.2 Å². The van der Waals surface area contributed by atoms with Crippen molar-refractivity contribution >= 4 is 22.9 Å². The van der Waals surface area contributed by atoms with E-state index in [9.17, 15) is 14.4 Å². The lowest BCUT2D eigenvalue weighted by Gasteiger charge is -2.09. The highest BCUT2D eigenvalue weighted by molar-refractivity contribution is 5.99. The summed E-state index contributed by atoms with van der Waals surface area (Å²) in [5, 5.41) is 0. The van der Waals surface area contributed by atoms with E-state index in [1.165, 1.54) is 4.57 Å². The van der Waals surface area contributed by atoms with E-state index in [0.29, 0.717) is 29.6 Å². The quantitative estimate of drug-likeness (QED) is 0.460. The SMILES string of the molecule is Cc1cc(C)c(C(=O)COC(=O)CCCn2c(=O)oc3ccccc32)cc1C. The first-order chi connectivity index (χ1) is 13.4. The number of Topliss-reactive ketones (excluding diaryl/α,β-unsaturated/α-hetero) is 1. The smallest absolute Gasteiger partial charge is 0.419 e. The number of ketones is 1. The first-order valence-electron chi connectivity index (χ1n) is 9.22. The molecule has 3 rings (SSSR count). The molecule has 0 saturated heterocycles. The molecule has 0 aliphatic rings. The van der Waals surface area contributed by atoms with Gasteiger partial charge in [0.1, 0.15) is 0 Å². The molecule has 0 N–H and O–H groups in total. The second kappa shape index (κ2) is 8.25. The zero-order valence-corrected chi connectivity index (χ0v) is 16.3. The molecule has 146 valence electrons. The van der Waals surface area contributed by atoms with Crippen LogP contribution in [0.15, 0.2) is 45.6 Å². The van der Waals surface area contributed by atoms with Gasteiger partial charge in [0, 0.05) is 18.5 Å². The van der Waals surface area contributed by atoms with E-state index in [1.807, 2.05) is 39.0 Å². The van der Waals surface area contributed by atoms with Crippen LogP contribution in [0, 0.1) is 20.8 Å². The van der Waals surface area contributed by atoms with Crippen molar-refractivity contribution in [2.24, 2.45) is 0 Å². The summed E-state index contributed by atoms with van der Waals surface area (Å²) < 4.78 is 11.8. The summed E-state index contributed by atoms with van der Waals surface area (Å²) in [4.78, 5) is 36.2. The molecule has 0 aliphatic heterocycles. The lowest BCUT2D eigenvalue weighted by atomic mass is 9.98. The molecule has 0 atom stereocenters. The molecule has 1 aromatic heterocycles. The Kier molecular flexibility index (Phi) is 5.78. The Balaban J connectivity index is 1.52. The fourth-order valence-corrected chi connectivity index (χ4v) is 3.16. The summed E-state index contributed by atoms with van der Waals surface area (Å²) in [7, 11) is 0. The first kappa shape index (κ1) is 19.6. The van der Waals surface area contributed by atoms with E-state index in [2.05, 4.69) is 0 Å². The maximum absolute atomic E-state index is 12.4. The van der Waals surface area contributed by atoms with E-state index < -0.39 is 11.7 Å². The molecule has 0 bridgehead atoms. The summed E-state index contributed by atoms with van der Waals surface area (Å²) in [5.41, 5.74) is 4.81. The summed E-state index contributed by atoms with van der Waals surface area (Å²) in [6.45, 7) is 5.87. The van der Waals surface area contributed by atoms with Crippen LogP contribution in [0.4, 0.5) is 0 Å². The van der Waals surface area contributed by atoms with Gasteiger partial charge in [0.15, 0.2) is 12.2 Å². The molecule has 6 heteroatoms. The van der Waals surface area contributed by atoms with E-state index in [-0.39, 0.29) is 18.8 Å². The standard InChI is InChI=1S/C22H23NO5/c1-14-11-16(3)17(12-15(14)2)19(24)13-27-21(25)9-6-10-23-18-7-4-5-8-20(18)28-22(23)26/h4-5,7-8,11-12H,6,9-10,13H2,1-3H3. The van der Waals surface area contributed by atoms with Crippen molar-refractivity contribution in [3.05, 3.63) is 69.2 Å². The van der Waals surface area contributed by atoms with Gasteiger partial charge < -0.3 is 9.15 Å². The molecule has 0 fully saturated rings. The van der Waals surface area contributed by atoms with Gasteiger partial charge in [-0.1, -0.05) is 18.2 Å². The van der Waals surface area contributed by atoms with Crippen molar-refractivity contribution in [1.29, 1.82) is 0 Å². The highest BCUT2D eigenvalue weighted by Gasteiger charge is 2.14. The van der Waals surface area contributed by atoms with Crippen LogP contribution in [0.2, 0.25) is 0 Å². The maximum Gasteiger partial charge on any atom is 0.419 e. The van der Waals surface area contributed by atoms with Crippen molar-refractivity contribution in [2.75, 3.05) is 6.61 Å². The number of carbonyl (C=O) groups excluding carboxylic acids is 2. The van der Waals surface area contributed by atoms with E-state index in [0.717, 1.165) is 16.7 Å². The third-order valence-corrected chi connectivity index (χ3v) is 4.84. The first-order valence-corrected chi connectivity index (χ1v) is 9.22. The van der Waals surface area contributed by atoms with E-state index >= 15 is 0 Å². The minimum atomic E-state index is -0.462. The summed E-state index contributed by atoms with van der Waals surface area (Å²) in [5.74, 6) is -1.13. The predicted octanol–water partition coefficient (Wildman–Crippen LogP) is 3.73. The molecule has 0 radical (unpaired) electrons. The lowest BCUT2D eigenvalue weighted by Crippen LogP contribution is -2.17. The Morgan fingerprint density at radius 1 is 1.04 bits per heavy atom. The van der Waals surface area contributed by atoms with Crippen LogP contribution in [0.1, 0.15) is 39.9 Å². The summed E-state index contributed by atoms with van der Waals surface area (Å²) in [6, 6.07) is 10.9. The Bertz CT molecular complexity index is 1090. The third-order valence-electron chi connectivity index (χ3n) is 4.84. The van der Waals surface area contributed by atoms with Crippen LogP contribution >= 0.6 is 0 Å². The lowest BCUT2D eigenvalue weighted by molar-refractivity contribution is -0.142. The Labute approximate surface area is 162 Å². The number of esters is 1. The monoisotopic (exact) mass is 381 g/mol. The molecule has 0 unspecified atom stereocenters. The topological polar surface area (TPSA) is 78.5 Å². The van der Waals surface area contributed by atoms with Crippen molar-refractivity contribution < 1.29 is 18.7 Å². The minimum Gasteiger partial charge on any atom is -0.457 e. The highest BCUT2D eigenvalue weighted by atomic mass is 16.5. The molecule has 3 aromatic rings. The van der Waals surface area contributed by atoms with Gasteiger partial charge in [-0.15, -0.1) is 0 Å². The molecular weight excluding hydrogens is 358 g/mol. The molecule has 0 spiro atoms. The molecular formula is C22H23NO5. The summed E-state index contributed by atoms with van der Waals surface area (Å²) in [6.07, 6.45) is 0.532. The molecule has 28 heavy (non-hydrogen) atoms. The molecule has 0 saturated carbocycles. The number of oxazole rings is 1. The number of aryl methyl sites for hydroxylation is 4. The third kappa shape index (κ3) is 4.22. The van der Waals surface area contributed by atoms with Gasteiger partial charge in [-0.2, -0.15) is 0 Å². The van der Waals surface area contributed by atoms with Crippen LogP contribution in [0.25, 0.3) is 11.1 Å². The number of rotatable bonds is 7. The van der Waals surface area contributed by atoms with Crippen molar-refractivity contribution in [1.82, 2.24) is 4.57 Å². The van der Waals surface area contributed by atoms with E-state index in [4.69, 9.17) is 9.15 Å². The zero-order valence-electron chi connectivity index (χ0n) is 16.3. The molecule has 6 nitrogen and oxygen atoms in total. The van der Waals surface area contributed by atoms with Crippen LogP contribution in [0.5, 0.6) is 0 Å². The Morgan fingerprint density at radius 3 is 2.54 bits per heavy atom. The number of benzene rings is 2. The molecule has 0 aliphatic carbocycles. The average Bonchev–Trinajstić information content (AvgIpc) is 2.98. The number of hydrogen-bond donors (Lipinski definition) is 0. The van der Waals surface area contributed by atoms with Gasteiger partial charge >= 0.3 is 11.7 Å². The van der Waals surface area contributed by atoms with Gasteiger partial charge in [0.05, 0.1) is 5.52 Å². The number of para-hydroxylation sites is 2. The van der Waals surface area contributed by atoms with Crippen LogP contribution in [-0.4, -0.2) is 22.9 Å².